The number of nitrogens with zero attached hydrogens (tertiary/aromatic N) is 8. The predicted octanol–water partition coefficient (Wildman–Crippen LogP) is 29.4. The van der Waals surface area contributed by atoms with Crippen molar-refractivity contribution in [2.45, 2.75) is 0 Å². The second-order valence-corrected chi connectivity index (χ2v) is 31.1. The maximum Gasteiger partial charge on any atom is 0.164 e. The molecule has 19 aromatic carbocycles. The van der Waals surface area contributed by atoms with Crippen LogP contribution in [-0.4, -0.2) is 39.0 Å². The summed E-state index contributed by atoms with van der Waals surface area (Å²) < 4.78 is 18.5. The molecule has 0 aliphatic heterocycles. The number of hydrogen-bond donors (Lipinski definition) is 0. The lowest BCUT2D eigenvalue weighted by atomic mass is 9.97. The van der Waals surface area contributed by atoms with Gasteiger partial charge in [-0.15, -0.1) is 0 Å². The molecule has 0 N–H and O–H groups in total. The van der Waals surface area contributed by atoms with E-state index in [0.717, 1.165) is 144 Å². The molecule has 10 heteroatoms. The van der Waals surface area contributed by atoms with Crippen molar-refractivity contribution in [3.05, 3.63) is 413 Å². The lowest BCUT2D eigenvalue weighted by molar-refractivity contribution is 0.666. The molecule has 0 atom stereocenters. The maximum absolute atomic E-state index is 6.89. The van der Waals surface area contributed by atoms with Gasteiger partial charge in [0.15, 0.2) is 46.1 Å². The third kappa shape index (κ3) is 11.8. The van der Waals surface area contributed by atoms with Crippen LogP contribution in [0, 0.1) is 0 Å². The van der Waals surface area contributed by atoms with Crippen molar-refractivity contribution >= 4 is 131 Å². The number of furan rings is 2. The van der Waals surface area contributed by atoms with Gasteiger partial charge in [0.25, 0.3) is 0 Å². The molecule has 0 radical (unpaired) electrons. The molecule has 25 rings (SSSR count). The number of benzene rings is 19. The molecule has 0 bridgehead atoms. The molecule has 6 aromatic heterocycles. The third-order valence-electron chi connectivity index (χ3n) is 24.1. The minimum atomic E-state index is 0.616. The summed E-state index contributed by atoms with van der Waals surface area (Å²) in [6.45, 7) is 0. The fraction of sp³-hybridized carbons (Fsp3) is 0. The summed E-state index contributed by atoms with van der Waals surface area (Å²) in [4.78, 5) is 30.4. The van der Waals surface area contributed by atoms with Crippen molar-refractivity contribution in [1.29, 1.82) is 0 Å². The van der Waals surface area contributed by atoms with Crippen LogP contribution in [0.2, 0.25) is 0 Å². The second kappa shape index (κ2) is 28.7. The Bertz CT molecular complexity index is 8400. The van der Waals surface area contributed by atoms with E-state index in [2.05, 4.69) is 373 Å². The lowest BCUT2D eigenvalue weighted by Crippen LogP contribution is -2.00. The quantitative estimate of drug-likeness (QED) is 0.126. The van der Waals surface area contributed by atoms with Gasteiger partial charge in [-0.2, -0.15) is 0 Å². The van der Waals surface area contributed by atoms with Gasteiger partial charge in [-0.25, -0.2) is 29.9 Å². The van der Waals surface area contributed by atoms with Crippen molar-refractivity contribution in [1.82, 2.24) is 39.0 Å². The average Bonchev–Trinajstić information content (AvgIpc) is 1.56. The fourth-order valence-corrected chi connectivity index (χ4v) is 18.3. The molecule has 0 saturated carbocycles. The first kappa shape index (κ1) is 69.7. The van der Waals surface area contributed by atoms with Crippen LogP contribution in [0.4, 0.5) is 0 Å². The monoisotopic (exact) mass is 1560 g/mol. The summed E-state index contributed by atoms with van der Waals surface area (Å²) in [5.74, 6) is 3.76. The molecule has 10 nitrogen and oxygen atoms in total. The average molecular weight is 1560 g/mol. The minimum absolute atomic E-state index is 0.616. The molecule has 6 heterocycles. The maximum atomic E-state index is 6.89. The van der Waals surface area contributed by atoms with E-state index < -0.39 is 0 Å². The molecular weight excluding hydrogens is 1490 g/mol. The third-order valence-corrected chi connectivity index (χ3v) is 24.1. The number of aromatic nitrogens is 8. The Kier molecular flexibility index (Phi) is 16.4. The molecule has 0 aliphatic rings. The van der Waals surface area contributed by atoms with Gasteiger partial charge in [0.05, 0.1) is 33.4 Å². The van der Waals surface area contributed by atoms with E-state index in [1.807, 2.05) is 48.5 Å². The SMILES string of the molecule is c1ccc(-c2ccc(-c3nc(-c4ccccc4)nc(-c4ccc(-c5ccc(-n6c7ccccc7c7c8ccccc8ccc76)c6oc7ccccc7c56)cc4)n3)cc2)cc1.c1ccc2cc(-c3nc(-c4ccc(-c5ccc(-n6c7ccccc7c7ccc8ccccc8c76)c6oc7ccccc7c56)cc4)nc(-c4ccc5ccccc5c4)n3)ccc2c1. The summed E-state index contributed by atoms with van der Waals surface area (Å²) in [6, 6.07) is 145. The van der Waals surface area contributed by atoms with Crippen LogP contribution < -0.4 is 0 Å². The second-order valence-electron chi connectivity index (χ2n) is 31.1. The fourth-order valence-electron chi connectivity index (χ4n) is 18.3. The molecule has 0 unspecified atom stereocenters. The molecule has 0 fully saturated rings. The Balaban J connectivity index is 0.000000138. The Morgan fingerprint density at radius 2 is 0.516 bits per heavy atom. The largest absolute Gasteiger partial charge is 0.454 e. The molecule has 122 heavy (non-hydrogen) atoms. The van der Waals surface area contributed by atoms with Crippen LogP contribution in [0.15, 0.2) is 421 Å². The van der Waals surface area contributed by atoms with Gasteiger partial charge in [0, 0.05) is 81.9 Å². The highest BCUT2D eigenvalue weighted by Gasteiger charge is 2.26. The van der Waals surface area contributed by atoms with Crippen LogP contribution >= 0.6 is 0 Å². The van der Waals surface area contributed by atoms with Crippen molar-refractivity contribution in [2.24, 2.45) is 0 Å². The zero-order valence-corrected chi connectivity index (χ0v) is 65.7. The van der Waals surface area contributed by atoms with Crippen molar-refractivity contribution in [3.8, 4) is 113 Å². The summed E-state index contributed by atoms with van der Waals surface area (Å²) in [7, 11) is 0. The summed E-state index contributed by atoms with van der Waals surface area (Å²) in [6.07, 6.45) is 0. The first-order chi connectivity index (χ1) is 60.5. The van der Waals surface area contributed by atoms with Crippen LogP contribution in [0.25, 0.3) is 244 Å². The Morgan fingerprint density at radius 1 is 0.180 bits per heavy atom. The van der Waals surface area contributed by atoms with Crippen LogP contribution in [0.1, 0.15) is 0 Å². The first-order valence-corrected chi connectivity index (χ1v) is 41.1. The molecule has 0 aliphatic carbocycles. The Hall–Kier alpha value is -16.6. The molecule has 0 saturated heterocycles. The topological polar surface area (TPSA) is 113 Å². The molecule has 0 spiro atoms. The first-order valence-electron chi connectivity index (χ1n) is 41.1. The standard InChI is InChI=1S/C57H34N4O.C55H34N4O/c1-3-14-40-33-42(27-21-35(40)11-1)56-58-55(59-57(60-56)43-28-22-36-12-2-4-15-41(36)34-43)39-25-23-38(24-26-39)44-31-32-50(54-52(44)48-18-8-10-20-51(48)62-54)61-49-19-9-7-17-46(49)47-30-29-37-13-5-6-16-45(37)53(47)61;1-3-13-35(14-4-1)36-23-27-40(28-24-36)54-56-53(39-16-5-2-6-17-39)57-55(58-54)41-29-25-38(26-30-41)43-32-34-48(52-51(43)45-20-10-12-22-49(45)60-52)59-46-21-11-9-19-44(46)50-42-18-8-7-15-37(42)31-33-47(50)59/h1-34H;1-34H. The van der Waals surface area contributed by atoms with Crippen LogP contribution in [-0.2, 0) is 0 Å². The number of para-hydroxylation sites is 4. The number of rotatable bonds is 11. The van der Waals surface area contributed by atoms with Gasteiger partial charge >= 0.3 is 0 Å². The molecule has 25 aromatic rings. The summed E-state index contributed by atoms with van der Waals surface area (Å²) in [5.41, 5.74) is 22.2. The lowest BCUT2D eigenvalue weighted by Gasteiger charge is -2.13. The zero-order valence-electron chi connectivity index (χ0n) is 65.7. The van der Waals surface area contributed by atoms with Gasteiger partial charge < -0.3 is 18.0 Å². The smallest absolute Gasteiger partial charge is 0.164 e. The molecular formula is C112H68N8O2. The normalized spacial score (nSPS) is 11.8. The van der Waals surface area contributed by atoms with Gasteiger partial charge in [-0.3, -0.25) is 0 Å². The van der Waals surface area contributed by atoms with E-state index in [1.54, 1.807) is 0 Å². The van der Waals surface area contributed by atoms with Crippen molar-refractivity contribution in [2.75, 3.05) is 0 Å². The minimum Gasteiger partial charge on any atom is -0.454 e. The zero-order chi connectivity index (χ0) is 80.3. The van der Waals surface area contributed by atoms with Crippen molar-refractivity contribution in [3.63, 3.8) is 0 Å². The highest BCUT2D eigenvalue weighted by Crippen LogP contribution is 2.48. The number of hydrogen-bond acceptors (Lipinski definition) is 8. The number of fused-ring (bicyclic) bond motifs is 18. The highest BCUT2D eigenvalue weighted by molar-refractivity contribution is 6.24. The van der Waals surface area contributed by atoms with Gasteiger partial charge in [0.1, 0.15) is 11.2 Å². The van der Waals surface area contributed by atoms with E-state index in [9.17, 15) is 0 Å². The summed E-state index contributed by atoms with van der Waals surface area (Å²) in [5, 5.41) is 18.7. The van der Waals surface area contributed by atoms with E-state index in [0.29, 0.717) is 34.9 Å². The van der Waals surface area contributed by atoms with Gasteiger partial charge in [-0.05, 0) is 126 Å². The van der Waals surface area contributed by atoms with Crippen molar-refractivity contribution < 1.29 is 8.83 Å². The van der Waals surface area contributed by atoms with E-state index in [4.69, 9.17) is 38.7 Å². The van der Waals surface area contributed by atoms with Gasteiger partial charge in [-0.1, -0.05) is 358 Å². The Labute approximate surface area is 699 Å². The Morgan fingerprint density at radius 3 is 1.03 bits per heavy atom. The van der Waals surface area contributed by atoms with E-state index in [1.165, 1.54) is 64.9 Å². The van der Waals surface area contributed by atoms with Gasteiger partial charge in [0.2, 0.25) is 0 Å². The predicted molar refractivity (Wildman–Crippen MR) is 502 cm³/mol. The van der Waals surface area contributed by atoms with E-state index in [-0.39, 0.29) is 0 Å². The van der Waals surface area contributed by atoms with Crippen LogP contribution in [0.3, 0.4) is 0 Å². The summed E-state index contributed by atoms with van der Waals surface area (Å²) >= 11 is 0. The molecule has 0 amide bonds. The van der Waals surface area contributed by atoms with E-state index >= 15 is 0 Å². The molecule has 568 valence electrons. The van der Waals surface area contributed by atoms with Crippen LogP contribution in [0.5, 0.6) is 0 Å². The highest BCUT2D eigenvalue weighted by atomic mass is 16.3.